The quantitative estimate of drug-likeness (QED) is 0.492. The molecule has 0 aliphatic carbocycles. The van der Waals surface area contributed by atoms with Gasteiger partial charge in [-0.25, -0.2) is 4.79 Å². The van der Waals surface area contributed by atoms with Gasteiger partial charge in [-0.2, -0.15) is 0 Å². The first-order valence-corrected chi connectivity index (χ1v) is 10.5. The van der Waals surface area contributed by atoms with E-state index in [1.807, 2.05) is 58.0 Å². The molecular formula is C23H35N3O5. The number of carboxylic acid groups (broad SMARTS) is 1. The Balaban J connectivity index is 3.19. The highest BCUT2D eigenvalue weighted by Crippen LogP contribution is 2.14. The molecule has 0 heterocycles. The number of likely N-dealkylation sites (N-methyl/N-ethyl adjacent to an activating group) is 1. The van der Waals surface area contributed by atoms with Crippen LogP contribution >= 0.6 is 0 Å². The average Bonchev–Trinajstić information content (AvgIpc) is 2.68. The number of amides is 3. The van der Waals surface area contributed by atoms with Gasteiger partial charge in [0.2, 0.25) is 17.7 Å². The summed E-state index contributed by atoms with van der Waals surface area (Å²) in [4.78, 5) is 50.8. The summed E-state index contributed by atoms with van der Waals surface area (Å²) < 4.78 is 0. The van der Waals surface area contributed by atoms with Crippen molar-refractivity contribution in [3.63, 3.8) is 0 Å². The molecule has 0 aliphatic heterocycles. The molecule has 0 fully saturated rings. The molecule has 1 unspecified atom stereocenters. The maximum Gasteiger partial charge on any atom is 0.326 e. The summed E-state index contributed by atoms with van der Waals surface area (Å²) in [6.07, 6.45) is 0.491. The van der Waals surface area contributed by atoms with Crippen LogP contribution in [-0.4, -0.2) is 58.9 Å². The van der Waals surface area contributed by atoms with Crippen molar-refractivity contribution in [3.8, 4) is 0 Å². The Labute approximate surface area is 184 Å². The van der Waals surface area contributed by atoms with Gasteiger partial charge in [0, 0.05) is 20.4 Å². The Morgan fingerprint density at radius 2 is 1.58 bits per heavy atom. The zero-order valence-electron chi connectivity index (χ0n) is 19.2. The van der Waals surface area contributed by atoms with E-state index in [0.29, 0.717) is 0 Å². The molecule has 31 heavy (non-hydrogen) atoms. The van der Waals surface area contributed by atoms with Crippen LogP contribution in [0.5, 0.6) is 0 Å². The predicted octanol–water partition coefficient (Wildman–Crippen LogP) is 1.83. The van der Waals surface area contributed by atoms with Crippen molar-refractivity contribution < 1.29 is 24.3 Å². The second-order valence-electron chi connectivity index (χ2n) is 8.61. The number of hydrogen-bond donors (Lipinski definition) is 3. The summed E-state index contributed by atoms with van der Waals surface area (Å²) in [5, 5.41) is 14.7. The third-order valence-corrected chi connectivity index (χ3v) is 5.00. The summed E-state index contributed by atoms with van der Waals surface area (Å²) in [5.74, 6) is -2.53. The molecule has 1 aromatic rings. The lowest BCUT2D eigenvalue weighted by molar-refractivity contribution is -0.145. The molecule has 1 rings (SSSR count). The van der Waals surface area contributed by atoms with Crippen molar-refractivity contribution in [2.45, 2.75) is 65.6 Å². The molecule has 3 amide bonds. The van der Waals surface area contributed by atoms with Crippen molar-refractivity contribution in [1.82, 2.24) is 15.5 Å². The van der Waals surface area contributed by atoms with Crippen LogP contribution in [0.2, 0.25) is 0 Å². The van der Waals surface area contributed by atoms with Gasteiger partial charge >= 0.3 is 5.97 Å². The molecule has 3 atom stereocenters. The molecule has 0 saturated heterocycles. The number of carboxylic acids is 1. The van der Waals surface area contributed by atoms with E-state index in [0.717, 1.165) is 5.56 Å². The molecule has 172 valence electrons. The number of carbonyl (C=O) groups excluding carboxylic acids is 3. The van der Waals surface area contributed by atoms with Gasteiger partial charge in [0.1, 0.15) is 18.1 Å². The zero-order valence-corrected chi connectivity index (χ0v) is 19.2. The first-order valence-electron chi connectivity index (χ1n) is 10.5. The lowest BCUT2D eigenvalue weighted by atomic mass is 9.98. The molecule has 1 aromatic carbocycles. The largest absolute Gasteiger partial charge is 0.480 e. The van der Waals surface area contributed by atoms with E-state index >= 15 is 0 Å². The van der Waals surface area contributed by atoms with Crippen LogP contribution < -0.4 is 10.6 Å². The lowest BCUT2D eigenvalue weighted by Gasteiger charge is -2.33. The Bertz CT molecular complexity index is 764. The van der Waals surface area contributed by atoms with Crippen LogP contribution in [-0.2, 0) is 25.6 Å². The summed E-state index contributed by atoms with van der Waals surface area (Å²) in [6, 6.07) is 6.42. The van der Waals surface area contributed by atoms with Gasteiger partial charge in [0.25, 0.3) is 0 Å². The molecule has 0 aromatic heterocycles. The molecule has 0 radical (unpaired) electrons. The van der Waals surface area contributed by atoms with Crippen LogP contribution in [0.15, 0.2) is 30.3 Å². The fourth-order valence-electron chi connectivity index (χ4n) is 3.31. The van der Waals surface area contributed by atoms with Gasteiger partial charge in [0.15, 0.2) is 0 Å². The van der Waals surface area contributed by atoms with Gasteiger partial charge in [-0.3, -0.25) is 14.4 Å². The van der Waals surface area contributed by atoms with E-state index < -0.39 is 35.9 Å². The number of aliphatic carboxylic acids is 1. The van der Waals surface area contributed by atoms with E-state index in [2.05, 4.69) is 10.6 Å². The minimum atomic E-state index is -1.12. The van der Waals surface area contributed by atoms with Gasteiger partial charge in [-0.15, -0.1) is 0 Å². The third-order valence-electron chi connectivity index (χ3n) is 5.00. The van der Waals surface area contributed by atoms with Crippen LogP contribution in [0.1, 0.15) is 46.6 Å². The van der Waals surface area contributed by atoms with Crippen molar-refractivity contribution >= 4 is 23.7 Å². The van der Waals surface area contributed by atoms with E-state index in [1.165, 1.54) is 18.9 Å². The number of benzene rings is 1. The maximum absolute atomic E-state index is 13.2. The smallest absolute Gasteiger partial charge is 0.326 e. The summed E-state index contributed by atoms with van der Waals surface area (Å²) >= 11 is 0. The molecule has 0 aliphatic rings. The summed E-state index contributed by atoms with van der Waals surface area (Å²) in [7, 11) is 1.50. The molecule has 8 nitrogen and oxygen atoms in total. The normalized spacial score (nSPS) is 13.9. The van der Waals surface area contributed by atoms with Gasteiger partial charge in [-0.1, -0.05) is 58.0 Å². The standard InChI is InChI=1S/C23H35N3O5/c1-14(2)12-18(23(30)31)25-21(28)19(13-17-10-8-7-9-11-17)26(6)22(29)20(15(3)4)24-16(5)27/h7-11,14-15,18-20H,12-13H2,1-6H3,(H,24,27)(H,25,28)(H,30,31)/t18-,19+,20?/m0/s1. The molecule has 0 bridgehead atoms. The highest BCUT2D eigenvalue weighted by molar-refractivity contribution is 5.93. The number of nitrogens with zero attached hydrogens (tertiary/aromatic N) is 1. The second-order valence-corrected chi connectivity index (χ2v) is 8.61. The first-order chi connectivity index (χ1) is 14.4. The van der Waals surface area contributed by atoms with Crippen LogP contribution in [0, 0.1) is 11.8 Å². The fourth-order valence-corrected chi connectivity index (χ4v) is 3.31. The van der Waals surface area contributed by atoms with E-state index in [-0.39, 0.29) is 30.6 Å². The molecule has 3 N–H and O–H groups in total. The Hall–Kier alpha value is -2.90. The molecular weight excluding hydrogens is 398 g/mol. The van der Waals surface area contributed by atoms with Crippen molar-refractivity contribution in [2.75, 3.05) is 7.05 Å². The monoisotopic (exact) mass is 433 g/mol. The number of nitrogens with one attached hydrogen (secondary N) is 2. The third kappa shape index (κ3) is 8.39. The van der Waals surface area contributed by atoms with Crippen molar-refractivity contribution in [2.24, 2.45) is 11.8 Å². The second kappa shape index (κ2) is 12.1. The number of carbonyl (C=O) groups is 4. The maximum atomic E-state index is 13.2. The molecule has 0 saturated carbocycles. The fraction of sp³-hybridized carbons (Fsp3) is 0.565. The van der Waals surface area contributed by atoms with E-state index in [1.54, 1.807) is 0 Å². The molecule has 0 spiro atoms. The van der Waals surface area contributed by atoms with Crippen molar-refractivity contribution in [3.05, 3.63) is 35.9 Å². The Morgan fingerprint density at radius 1 is 1.00 bits per heavy atom. The number of rotatable bonds is 11. The van der Waals surface area contributed by atoms with E-state index in [4.69, 9.17) is 0 Å². The van der Waals surface area contributed by atoms with E-state index in [9.17, 15) is 24.3 Å². The highest BCUT2D eigenvalue weighted by atomic mass is 16.4. The van der Waals surface area contributed by atoms with Crippen LogP contribution in [0.3, 0.4) is 0 Å². The average molecular weight is 434 g/mol. The SMILES string of the molecule is CC(=O)NC(C(=O)N(C)[C@H](Cc1ccccc1)C(=O)N[C@@H](CC(C)C)C(=O)O)C(C)C. The van der Waals surface area contributed by atoms with Gasteiger partial charge in [0.05, 0.1) is 0 Å². The van der Waals surface area contributed by atoms with Crippen molar-refractivity contribution in [1.29, 1.82) is 0 Å². The predicted molar refractivity (Wildman–Crippen MR) is 118 cm³/mol. The topological polar surface area (TPSA) is 116 Å². The Kier molecular flexibility index (Phi) is 10.2. The van der Waals surface area contributed by atoms with Crippen LogP contribution in [0.4, 0.5) is 0 Å². The van der Waals surface area contributed by atoms with Gasteiger partial charge < -0.3 is 20.6 Å². The minimum Gasteiger partial charge on any atom is -0.480 e. The number of hydrogen-bond acceptors (Lipinski definition) is 4. The Morgan fingerprint density at radius 3 is 2.03 bits per heavy atom. The highest BCUT2D eigenvalue weighted by Gasteiger charge is 2.35. The lowest BCUT2D eigenvalue weighted by Crippen LogP contribution is -2.58. The summed E-state index contributed by atoms with van der Waals surface area (Å²) in [5.41, 5.74) is 0.832. The van der Waals surface area contributed by atoms with Gasteiger partial charge in [-0.05, 0) is 23.8 Å². The van der Waals surface area contributed by atoms with Crippen LogP contribution in [0.25, 0.3) is 0 Å². The molecule has 8 heteroatoms. The first kappa shape index (κ1) is 26.1. The minimum absolute atomic E-state index is 0.0680. The summed E-state index contributed by atoms with van der Waals surface area (Å²) in [6.45, 7) is 8.70. The zero-order chi connectivity index (χ0) is 23.7.